The van der Waals surface area contributed by atoms with Crippen LogP contribution in [0.2, 0.25) is 0 Å². The largest absolute Gasteiger partial charge is 0.409 e. The van der Waals surface area contributed by atoms with Crippen LogP contribution in [-0.2, 0) is 24.8 Å². The van der Waals surface area contributed by atoms with Crippen molar-refractivity contribution in [2.24, 2.45) is 0 Å². The Bertz CT molecular complexity index is 640. The molecule has 4 nitrogen and oxygen atoms in total. The quantitative estimate of drug-likeness (QED) is 0.471. The smallest absolute Gasteiger partial charge is 0.0710 e. The third-order valence-electron chi connectivity index (χ3n) is 4.29. The van der Waals surface area contributed by atoms with Gasteiger partial charge in [-0.25, -0.2) is 0 Å². The number of benzene rings is 2. The molecule has 0 spiro atoms. The van der Waals surface area contributed by atoms with Crippen molar-refractivity contribution in [2.45, 2.75) is 52.1 Å². The van der Waals surface area contributed by atoms with Gasteiger partial charge in [0.25, 0.3) is 0 Å². The summed E-state index contributed by atoms with van der Waals surface area (Å²) in [6.45, 7) is 8.90. The van der Waals surface area contributed by atoms with Gasteiger partial charge in [0.2, 0.25) is 0 Å². The summed E-state index contributed by atoms with van der Waals surface area (Å²) in [6.07, 6.45) is 1.97. The summed E-state index contributed by atoms with van der Waals surface area (Å²) < 4.78 is 26.0. The zero-order valence-corrected chi connectivity index (χ0v) is 24.1. The molecule has 2 aromatic carbocycles. The van der Waals surface area contributed by atoms with E-state index in [9.17, 15) is 8.42 Å². The number of hydrogen-bond acceptors (Lipinski definition) is 4. The first-order valence-corrected chi connectivity index (χ1v) is 10.5. The molecule has 1 unspecified atom stereocenters. The van der Waals surface area contributed by atoms with Crippen LogP contribution in [0.3, 0.4) is 0 Å². The van der Waals surface area contributed by atoms with E-state index in [1.165, 1.54) is 0 Å². The van der Waals surface area contributed by atoms with E-state index >= 15 is 0 Å². The Morgan fingerprint density at radius 2 is 1.33 bits per heavy atom. The zero-order chi connectivity index (χ0) is 19.4. The van der Waals surface area contributed by atoms with E-state index in [2.05, 4.69) is 10.0 Å². The van der Waals surface area contributed by atoms with Gasteiger partial charge >= 0.3 is 0 Å². The molecule has 3 rings (SSSR count). The van der Waals surface area contributed by atoms with Crippen LogP contribution in [0.1, 0.15) is 51.7 Å². The Hall–Kier alpha value is -2.69. The second kappa shape index (κ2) is 12.6. The number of hydrogen-bond donors (Lipinski definition) is 2. The van der Waals surface area contributed by atoms with Gasteiger partial charge < -0.3 is 18.5 Å². The minimum atomic E-state index is -2.37. The fraction of sp³-hybridized carbons (Fsp3) is 0.429. The van der Waals surface area contributed by atoms with Gasteiger partial charge in [-0.15, -0.1) is 0 Å². The average molecular weight is 643 g/mol. The molecule has 146 valence electrons. The average Bonchev–Trinajstić information content (AvgIpc) is 3.25. The van der Waals surface area contributed by atoms with Gasteiger partial charge in [0.15, 0.2) is 0 Å². The molecule has 1 fully saturated rings. The summed E-state index contributed by atoms with van der Waals surface area (Å²) in [7, 11) is -2.37. The van der Waals surface area contributed by atoms with Crippen molar-refractivity contribution in [1.82, 2.24) is 10.0 Å². The summed E-state index contributed by atoms with van der Waals surface area (Å²) in [5.74, 6) is 0. The van der Waals surface area contributed by atoms with Crippen molar-refractivity contribution in [3.63, 3.8) is 0 Å². The fourth-order valence-electron chi connectivity index (χ4n) is 3.35. The Labute approximate surface area is 160 Å². The van der Waals surface area contributed by atoms with Crippen LogP contribution in [0.25, 0.3) is 0 Å². The second-order valence-corrected chi connectivity index (χ2v) is 6.20. The van der Waals surface area contributed by atoms with Crippen LogP contribution in [0.4, 0.5) is 0 Å². The first kappa shape index (κ1) is 24.3. The normalized spacial score (nSPS) is 15.7. The molecule has 0 bridgehead atoms. The summed E-state index contributed by atoms with van der Waals surface area (Å²) in [4.78, 5) is 0. The van der Waals surface area contributed by atoms with E-state index in [1.807, 2.05) is 88.4 Å². The SMILES string of the molecule is CC.CC.O=[S-](=O)NC(c1ccccc1)(c1ccccc1)C1CCCN1.[Rf]. The number of rotatable bonds is 5. The zero-order valence-electron chi connectivity index (χ0n) is 16.9. The molecular formula is C21H31N2O2RfS-. The molecule has 6 heteroatoms. The molecule has 0 aromatic heterocycles. The van der Waals surface area contributed by atoms with Crippen molar-refractivity contribution >= 4 is 10.9 Å². The maximum Gasteiger partial charge on any atom is 0.0710 e. The van der Waals surface area contributed by atoms with Gasteiger partial charge in [0.05, 0.1) is 5.54 Å². The van der Waals surface area contributed by atoms with Gasteiger partial charge in [-0.2, -0.15) is 0 Å². The monoisotopic (exact) mass is 642 g/mol. The van der Waals surface area contributed by atoms with Crippen molar-refractivity contribution in [3.8, 4) is 0 Å². The molecule has 0 aliphatic carbocycles. The topological polar surface area (TPSA) is 58.2 Å². The summed E-state index contributed by atoms with van der Waals surface area (Å²) >= 11 is 0. The van der Waals surface area contributed by atoms with Crippen molar-refractivity contribution in [3.05, 3.63) is 71.8 Å². The van der Waals surface area contributed by atoms with Gasteiger partial charge in [-0.1, -0.05) is 88.4 Å². The summed E-state index contributed by atoms with van der Waals surface area (Å²) in [6, 6.07) is 19.6. The van der Waals surface area contributed by atoms with Crippen LogP contribution < -0.4 is 10.0 Å². The van der Waals surface area contributed by atoms with Gasteiger partial charge in [-0.05, 0) is 41.4 Å². The van der Waals surface area contributed by atoms with Crippen LogP contribution >= 0.6 is 0 Å². The second-order valence-electron chi connectivity index (χ2n) is 5.53. The van der Waals surface area contributed by atoms with Crippen molar-refractivity contribution < 1.29 is 8.42 Å². The molecule has 1 atom stereocenters. The third kappa shape index (κ3) is 5.64. The first-order valence-electron chi connectivity index (χ1n) is 9.45. The molecule has 2 N–H and O–H groups in total. The van der Waals surface area contributed by atoms with E-state index in [1.54, 1.807) is 0 Å². The molecule has 1 saturated heterocycles. The molecular weight excluding hydrogens is 611 g/mol. The van der Waals surface area contributed by atoms with E-state index in [0.717, 1.165) is 30.5 Å². The van der Waals surface area contributed by atoms with Gasteiger partial charge in [0.1, 0.15) is 0 Å². The van der Waals surface area contributed by atoms with Crippen molar-refractivity contribution in [2.75, 3.05) is 6.54 Å². The molecule has 0 amide bonds. The molecule has 0 saturated carbocycles. The van der Waals surface area contributed by atoms with E-state index in [-0.39, 0.29) is 6.04 Å². The fourth-order valence-corrected chi connectivity index (χ4v) is 3.99. The predicted octanol–water partition coefficient (Wildman–Crippen LogP) is 4.55. The summed E-state index contributed by atoms with van der Waals surface area (Å²) in [5.41, 5.74) is 1.11. The molecule has 0 radical (unpaired) electrons. The van der Waals surface area contributed by atoms with E-state index < -0.39 is 16.4 Å². The van der Waals surface area contributed by atoms with Crippen LogP contribution in [0.5, 0.6) is 0 Å². The minimum Gasteiger partial charge on any atom is -0.409 e. The molecule has 27 heavy (non-hydrogen) atoms. The van der Waals surface area contributed by atoms with Crippen LogP contribution in [0.15, 0.2) is 60.7 Å². The van der Waals surface area contributed by atoms with Crippen molar-refractivity contribution in [1.29, 1.82) is 0 Å². The summed E-state index contributed by atoms with van der Waals surface area (Å²) in [5, 5.41) is 3.46. The van der Waals surface area contributed by atoms with Gasteiger partial charge in [0, 0.05) is 6.04 Å². The minimum absolute atomic E-state index is 0. The maximum atomic E-state index is 11.6. The van der Waals surface area contributed by atoms with Gasteiger partial charge in [-0.3, -0.25) is 0 Å². The third-order valence-corrected chi connectivity index (χ3v) is 4.77. The Kier molecular flexibility index (Phi) is 11.4. The first-order chi connectivity index (χ1) is 12.7. The standard InChI is InChI=1S/C17H19N2O2S.2C2H6.Rf/c20-22(21)19-17(16-12-7-13-18-16,14-8-3-1-4-9-14)15-10-5-2-6-11-15;2*1-2;/h1-6,8-11,16,18H,7,12-13H2,(H,19,20,21);2*1-2H3;/q-1;;;. The van der Waals surface area contributed by atoms with E-state index in [0.29, 0.717) is 0 Å². The Morgan fingerprint density at radius 1 is 0.889 bits per heavy atom. The molecule has 1 heterocycles. The van der Waals surface area contributed by atoms with E-state index in [4.69, 9.17) is 0 Å². The van der Waals surface area contributed by atoms with Crippen LogP contribution in [0, 0.1) is 0 Å². The predicted molar refractivity (Wildman–Crippen MR) is 109 cm³/mol. The molecule has 1 aliphatic heterocycles. The molecule has 2 aromatic rings. The maximum absolute atomic E-state index is 11.6. The number of nitrogens with one attached hydrogen (secondary N) is 2. The van der Waals surface area contributed by atoms with Crippen LogP contribution in [-0.4, -0.2) is 12.6 Å². The Morgan fingerprint density at radius 3 is 1.67 bits per heavy atom. The molecule has 1 aliphatic rings. The Balaban J connectivity index is 0.00000127.